The second-order valence-electron chi connectivity index (χ2n) is 8.39. The van der Waals surface area contributed by atoms with Crippen molar-refractivity contribution in [3.63, 3.8) is 0 Å². The highest BCUT2D eigenvalue weighted by molar-refractivity contribution is 8.16. The molecule has 1 aliphatic carbocycles. The van der Waals surface area contributed by atoms with Crippen LogP contribution >= 0.6 is 23.4 Å². The Kier molecular flexibility index (Phi) is 8.03. The van der Waals surface area contributed by atoms with E-state index in [1.807, 2.05) is 0 Å². The lowest BCUT2D eigenvalue weighted by atomic mass is 9.94. The van der Waals surface area contributed by atoms with E-state index >= 15 is 0 Å². The summed E-state index contributed by atoms with van der Waals surface area (Å²) in [6.07, 6.45) is 4.44. The molecule has 0 radical (unpaired) electrons. The maximum Gasteiger partial charge on any atom is 0.284 e. The van der Waals surface area contributed by atoms with Crippen molar-refractivity contribution >= 4 is 56.1 Å². The molecule has 186 valence electrons. The maximum atomic E-state index is 13.4. The number of ether oxygens (including phenoxy) is 1. The molecule has 1 N–H and O–H groups in total. The first kappa shape index (κ1) is 25.5. The normalized spacial score (nSPS) is 20.3. The Morgan fingerprint density at radius 1 is 1.11 bits per heavy atom. The van der Waals surface area contributed by atoms with Gasteiger partial charge in [-0.2, -0.15) is 8.42 Å². The number of amidine groups is 1. The number of sulfonamides is 1. The number of nitrogens with zero attached hydrogens (tertiary/aromatic N) is 2. The van der Waals surface area contributed by atoms with Crippen LogP contribution in [-0.2, 0) is 19.6 Å². The molecule has 8 nitrogen and oxygen atoms in total. The van der Waals surface area contributed by atoms with Crippen LogP contribution in [0.15, 0.2) is 57.8 Å². The van der Waals surface area contributed by atoms with Crippen molar-refractivity contribution in [3.8, 4) is 5.75 Å². The van der Waals surface area contributed by atoms with E-state index in [1.54, 1.807) is 31.4 Å². The average molecular weight is 536 g/mol. The lowest BCUT2D eigenvalue weighted by molar-refractivity contribution is -0.130. The predicted octanol–water partition coefficient (Wildman–Crippen LogP) is 4.70. The SMILES string of the molecule is COc1ccc(NC(=O)CC2SC(=NS(=O)(=O)c3ccc(Cl)cc3)N(C3CCCCC3)C2=O)cc1. The third-order valence-corrected chi connectivity index (χ3v) is 8.76. The third-order valence-electron chi connectivity index (χ3n) is 5.96. The van der Waals surface area contributed by atoms with Crippen LogP contribution in [0.5, 0.6) is 5.75 Å². The molecule has 2 aromatic carbocycles. The minimum Gasteiger partial charge on any atom is -0.497 e. The number of carbonyl (C=O) groups excluding carboxylic acids is 2. The molecule has 2 aliphatic rings. The lowest BCUT2D eigenvalue weighted by Crippen LogP contribution is -2.42. The van der Waals surface area contributed by atoms with Crippen LogP contribution < -0.4 is 10.1 Å². The van der Waals surface area contributed by atoms with Gasteiger partial charge in [0.1, 0.15) is 11.0 Å². The van der Waals surface area contributed by atoms with Crippen molar-refractivity contribution in [2.75, 3.05) is 12.4 Å². The molecule has 2 amide bonds. The highest BCUT2D eigenvalue weighted by Gasteiger charge is 2.43. The fraction of sp³-hybridized carbons (Fsp3) is 0.375. The second-order valence-corrected chi connectivity index (χ2v) is 11.6. The first-order chi connectivity index (χ1) is 16.8. The van der Waals surface area contributed by atoms with Crippen LogP contribution in [0.1, 0.15) is 38.5 Å². The van der Waals surface area contributed by atoms with Gasteiger partial charge in [-0.15, -0.1) is 4.40 Å². The average Bonchev–Trinajstić information content (AvgIpc) is 3.13. The number of amides is 2. The standard InChI is InChI=1S/C24H26ClN3O5S2/c1-33-19-11-9-17(10-12-19)26-22(29)15-21-23(30)28(18-5-3-2-4-6-18)24(34-21)27-35(31,32)20-13-7-16(25)8-14-20/h7-14,18,21H,2-6,15H2,1H3,(H,26,29). The van der Waals surface area contributed by atoms with E-state index in [0.29, 0.717) is 16.5 Å². The van der Waals surface area contributed by atoms with Gasteiger partial charge in [0.05, 0.1) is 12.0 Å². The Balaban J connectivity index is 1.55. The van der Waals surface area contributed by atoms with E-state index < -0.39 is 15.3 Å². The largest absolute Gasteiger partial charge is 0.497 e. The molecule has 1 unspecified atom stereocenters. The summed E-state index contributed by atoms with van der Waals surface area (Å²) in [4.78, 5) is 27.6. The zero-order valence-corrected chi connectivity index (χ0v) is 21.5. The molecule has 0 bridgehead atoms. The van der Waals surface area contributed by atoms with E-state index in [-0.39, 0.29) is 34.3 Å². The Labute approximate surface area is 214 Å². The van der Waals surface area contributed by atoms with E-state index in [9.17, 15) is 18.0 Å². The molecule has 11 heteroatoms. The van der Waals surface area contributed by atoms with Gasteiger partial charge in [0.15, 0.2) is 5.17 Å². The Bertz CT molecular complexity index is 1210. The number of benzene rings is 2. The topological polar surface area (TPSA) is 105 Å². The predicted molar refractivity (Wildman–Crippen MR) is 137 cm³/mol. The van der Waals surface area contributed by atoms with Gasteiger partial charge in [-0.1, -0.05) is 42.6 Å². The summed E-state index contributed by atoms with van der Waals surface area (Å²) in [5, 5.41) is 2.56. The van der Waals surface area contributed by atoms with Gasteiger partial charge in [-0.3, -0.25) is 14.5 Å². The quantitative estimate of drug-likeness (QED) is 0.551. The zero-order chi connectivity index (χ0) is 25.0. The molecule has 1 saturated carbocycles. The fourth-order valence-corrected chi connectivity index (χ4v) is 6.70. The number of nitrogens with one attached hydrogen (secondary N) is 1. The molecule has 1 atom stereocenters. The van der Waals surface area contributed by atoms with Crippen molar-refractivity contribution in [2.45, 2.75) is 54.7 Å². The summed E-state index contributed by atoms with van der Waals surface area (Å²) in [5.41, 5.74) is 0.578. The molecule has 2 fully saturated rings. The minimum atomic E-state index is -4.06. The summed E-state index contributed by atoms with van der Waals surface area (Å²) in [6.45, 7) is 0. The van der Waals surface area contributed by atoms with Crippen molar-refractivity contribution in [2.24, 2.45) is 4.40 Å². The van der Waals surface area contributed by atoms with Crippen LogP contribution in [-0.4, -0.2) is 48.7 Å². The van der Waals surface area contributed by atoms with Gasteiger partial charge in [-0.25, -0.2) is 0 Å². The first-order valence-corrected chi connectivity index (χ1v) is 14.0. The number of carbonyl (C=O) groups is 2. The summed E-state index contributed by atoms with van der Waals surface area (Å²) in [7, 11) is -2.50. The van der Waals surface area contributed by atoms with Crippen molar-refractivity contribution in [3.05, 3.63) is 53.6 Å². The van der Waals surface area contributed by atoms with Gasteiger partial charge < -0.3 is 10.1 Å². The van der Waals surface area contributed by atoms with Crippen molar-refractivity contribution in [1.82, 2.24) is 4.90 Å². The molecule has 1 saturated heterocycles. The van der Waals surface area contributed by atoms with Crippen LogP contribution in [0.3, 0.4) is 0 Å². The number of rotatable bonds is 7. The van der Waals surface area contributed by atoms with E-state index in [2.05, 4.69) is 9.71 Å². The summed E-state index contributed by atoms with van der Waals surface area (Å²) in [6, 6.07) is 12.5. The Morgan fingerprint density at radius 2 is 1.77 bits per heavy atom. The lowest BCUT2D eigenvalue weighted by Gasteiger charge is -2.30. The van der Waals surface area contributed by atoms with Gasteiger partial charge >= 0.3 is 0 Å². The van der Waals surface area contributed by atoms with Gasteiger partial charge in [0, 0.05) is 23.2 Å². The van der Waals surface area contributed by atoms with Crippen molar-refractivity contribution < 1.29 is 22.7 Å². The second kappa shape index (κ2) is 11.0. The number of anilines is 1. The molecular formula is C24H26ClN3O5S2. The van der Waals surface area contributed by atoms with Gasteiger partial charge in [0.25, 0.3) is 10.0 Å². The fourth-order valence-electron chi connectivity index (χ4n) is 4.17. The minimum absolute atomic E-state index is 0.00765. The monoisotopic (exact) mass is 535 g/mol. The van der Waals surface area contributed by atoms with Crippen LogP contribution in [0.2, 0.25) is 5.02 Å². The number of halogens is 1. The third kappa shape index (κ3) is 6.17. The molecule has 4 rings (SSSR count). The molecular weight excluding hydrogens is 510 g/mol. The molecule has 0 spiro atoms. The molecule has 2 aromatic rings. The van der Waals surface area contributed by atoms with E-state index in [4.69, 9.17) is 16.3 Å². The number of hydrogen-bond acceptors (Lipinski definition) is 6. The number of hydrogen-bond donors (Lipinski definition) is 1. The van der Waals surface area contributed by atoms with Crippen LogP contribution in [0.25, 0.3) is 0 Å². The summed E-state index contributed by atoms with van der Waals surface area (Å²) >= 11 is 6.92. The Hall–Kier alpha value is -2.56. The molecule has 1 heterocycles. The molecule has 0 aromatic heterocycles. The van der Waals surface area contributed by atoms with Crippen LogP contribution in [0.4, 0.5) is 5.69 Å². The van der Waals surface area contributed by atoms with Gasteiger partial charge in [-0.05, 0) is 61.4 Å². The van der Waals surface area contributed by atoms with E-state index in [1.165, 1.54) is 29.2 Å². The molecule has 1 aliphatic heterocycles. The molecule has 35 heavy (non-hydrogen) atoms. The van der Waals surface area contributed by atoms with Gasteiger partial charge in [0.2, 0.25) is 11.8 Å². The maximum absolute atomic E-state index is 13.4. The van der Waals surface area contributed by atoms with Crippen molar-refractivity contribution in [1.29, 1.82) is 0 Å². The highest BCUT2D eigenvalue weighted by Crippen LogP contribution is 2.36. The Morgan fingerprint density at radius 3 is 2.40 bits per heavy atom. The first-order valence-electron chi connectivity index (χ1n) is 11.3. The smallest absolute Gasteiger partial charge is 0.284 e. The summed E-state index contributed by atoms with van der Waals surface area (Å²) < 4.78 is 35.1. The van der Waals surface area contributed by atoms with E-state index in [0.717, 1.165) is 43.9 Å². The number of methoxy groups -OCH3 is 1. The van der Waals surface area contributed by atoms with Crippen LogP contribution in [0, 0.1) is 0 Å². The zero-order valence-electron chi connectivity index (χ0n) is 19.1. The summed E-state index contributed by atoms with van der Waals surface area (Å²) in [5.74, 6) is 0.0404. The highest BCUT2D eigenvalue weighted by atomic mass is 35.5. The number of thioether (sulfide) groups is 1.